The van der Waals surface area contributed by atoms with Gasteiger partial charge in [0.2, 0.25) is 5.91 Å². The lowest BCUT2D eigenvalue weighted by Gasteiger charge is -2.45. The van der Waals surface area contributed by atoms with E-state index in [1.807, 2.05) is 18.2 Å². The first-order valence-electron chi connectivity index (χ1n) is 13.4. The minimum absolute atomic E-state index is 0.132. The highest BCUT2D eigenvalue weighted by molar-refractivity contribution is 5.93. The van der Waals surface area contributed by atoms with Crippen LogP contribution in [0.15, 0.2) is 60.7 Å². The number of para-hydroxylation sites is 1. The molecule has 1 saturated carbocycles. The molecule has 2 saturated heterocycles. The Morgan fingerprint density at radius 3 is 2.39 bits per heavy atom. The number of nitrogens with one attached hydrogen (secondary N) is 1. The number of aryl methyl sites for hydroxylation is 1. The van der Waals surface area contributed by atoms with Gasteiger partial charge in [-0.05, 0) is 66.6 Å². The fraction of sp³-hybridized carbons (Fsp3) is 0.500. The van der Waals surface area contributed by atoms with Crippen molar-refractivity contribution in [3.63, 3.8) is 0 Å². The first-order valence-corrected chi connectivity index (χ1v) is 13.4. The quantitative estimate of drug-likeness (QED) is 0.547. The van der Waals surface area contributed by atoms with E-state index in [1.165, 1.54) is 18.4 Å². The average molecular weight is 486 g/mol. The molecule has 1 spiro atoms. The van der Waals surface area contributed by atoms with Gasteiger partial charge in [-0.1, -0.05) is 61.4 Å². The van der Waals surface area contributed by atoms with Gasteiger partial charge >= 0.3 is 0 Å². The summed E-state index contributed by atoms with van der Waals surface area (Å²) >= 11 is 0. The van der Waals surface area contributed by atoms with Gasteiger partial charge in [0.05, 0.1) is 18.8 Å². The number of hydrogen-bond acceptors (Lipinski definition) is 6. The van der Waals surface area contributed by atoms with E-state index in [1.54, 1.807) is 0 Å². The number of amides is 1. The van der Waals surface area contributed by atoms with Crippen molar-refractivity contribution in [2.24, 2.45) is 0 Å². The van der Waals surface area contributed by atoms with Crippen LogP contribution in [0.2, 0.25) is 0 Å². The molecule has 1 amide bonds. The molecule has 3 aromatic rings. The summed E-state index contributed by atoms with van der Waals surface area (Å²) in [5.41, 5.74) is 1.95. The number of nitrogens with zero attached hydrogens (tertiary/aromatic N) is 6. The maximum Gasteiger partial charge on any atom is 0.247 e. The molecule has 1 aliphatic carbocycles. The molecule has 188 valence electrons. The van der Waals surface area contributed by atoms with Crippen LogP contribution in [0.25, 0.3) is 0 Å². The van der Waals surface area contributed by atoms with Gasteiger partial charge in [0, 0.05) is 18.8 Å². The number of piperidine rings is 1. The number of anilines is 1. The van der Waals surface area contributed by atoms with Crippen LogP contribution < -0.4 is 10.2 Å². The Hall–Kier alpha value is -3.26. The van der Waals surface area contributed by atoms with Crippen LogP contribution in [0.5, 0.6) is 0 Å². The molecule has 3 fully saturated rings. The van der Waals surface area contributed by atoms with E-state index in [4.69, 9.17) is 0 Å². The van der Waals surface area contributed by atoms with Crippen molar-refractivity contribution in [1.82, 2.24) is 30.4 Å². The molecule has 3 aliphatic rings. The largest absolute Gasteiger partial charge is 0.339 e. The Balaban J connectivity index is 1.25. The fourth-order valence-corrected chi connectivity index (χ4v) is 6.49. The van der Waals surface area contributed by atoms with E-state index >= 15 is 0 Å². The van der Waals surface area contributed by atoms with Gasteiger partial charge in [-0.15, -0.1) is 5.10 Å². The zero-order valence-electron chi connectivity index (χ0n) is 20.8. The molecule has 3 heterocycles. The molecule has 1 aromatic heterocycles. The summed E-state index contributed by atoms with van der Waals surface area (Å²) in [5.74, 6) is 1.15. The first-order chi connectivity index (χ1) is 17.7. The van der Waals surface area contributed by atoms with Gasteiger partial charge in [0.1, 0.15) is 5.54 Å². The van der Waals surface area contributed by atoms with Gasteiger partial charge in [-0.3, -0.25) is 9.69 Å². The van der Waals surface area contributed by atoms with E-state index in [0.29, 0.717) is 12.7 Å². The molecule has 2 aliphatic heterocycles. The van der Waals surface area contributed by atoms with Crippen molar-refractivity contribution < 1.29 is 4.79 Å². The van der Waals surface area contributed by atoms with Crippen molar-refractivity contribution in [3.8, 4) is 0 Å². The number of benzene rings is 2. The third-order valence-corrected chi connectivity index (χ3v) is 8.51. The van der Waals surface area contributed by atoms with Gasteiger partial charge in [-0.2, -0.15) is 0 Å². The van der Waals surface area contributed by atoms with Crippen LogP contribution in [-0.2, 0) is 11.2 Å². The second-order valence-electron chi connectivity index (χ2n) is 10.5. The summed E-state index contributed by atoms with van der Waals surface area (Å²) in [4.78, 5) is 18.0. The summed E-state index contributed by atoms with van der Waals surface area (Å²) in [6, 6.07) is 21.5. The summed E-state index contributed by atoms with van der Waals surface area (Å²) in [6.07, 6.45) is 8.31. The van der Waals surface area contributed by atoms with Crippen molar-refractivity contribution in [3.05, 3.63) is 72.1 Å². The predicted molar refractivity (Wildman–Crippen MR) is 138 cm³/mol. The molecular weight excluding hydrogens is 450 g/mol. The van der Waals surface area contributed by atoms with E-state index in [-0.39, 0.29) is 11.9 Å². The monoisotopic (exact) mass is 485 g/mol. The van der Waals surface area contributed by atoms with Crippen molar-refractivity contribution in [1.29, 1.82) is 0 Å². The number of rotatable bonds is 7. The second-order valence-corrected chi connectivity index (χ2v) is 10.5. The van der Waals surface area contributed by atoms with E-state index in [9.17, 15) is 4.79 Å². The minimum Gasteiger partial charge on any atom is -0.339 e. The Bertz CT molecular complexity index is 1150. The molecule has 36 heavy (non-hydrogen) atoms. The van der Waals surface area contributed by atoms with Crippen molar-refractivity contribution >= 4 is 11.6 Å². The zero-order valence-corrected chi connectivity index (χ0v) is 20.8. The van der Waals surface area contributed by atoms with Gasteiger partial charge in [0.15, 0.2) is 5.82 Å². The summed E-state index contributed by atoms with van der Waals surface area (Å²) in [5, 5.41) is 16.3. The lowest BCUT2D eigenvalue weighted by Crippen LogP contribution is -2.57. The Kier molecular flexibility index (Phi) is 6.44. The molecule has 8 heteroatoms. The minimum atomic E-state index is -0.487. The molecule has 0 radical (unpaired) electrons. The molecule has 2 aromatic carbocycles. The summed E-state index contributed by atoms with van der Waals surface area (Å²) in [6.45, 7) is 2.25. The van der Waals surface area contributed by atoms with Crippen LogP contribution in [0.4, 0.5) is 5.69 Å². The first kappa shape index (κ1) is 23.2. The van der Waals surface area contributed by atoms with Crippen LogP contribution in [0.1, 0.15) is 68.4 Å². The third kappa shape index (κ3) is 4.28. The van der Waals surface area contributed by atoms with E-state index in [2.05, 4.69) is 77.8 Å². The van der Waals surface area contributed by atoms with Crippen LogP contribution in [0.3, 0.4) is 0 Å². The Morgan fingerprint density at radius 1 is 0.972 bits per heavy atom. The topological polar surface area (TPSA) is 79.2 Å². The average Bonchev–Trinajstić information content (AvgIpc) is 3.68. The fourth-order valence-electron chi connectivity index (χ4n) is 6.49. The zero-order chi connectivity index (χ0) is 24.4. The third-order valence-electron chi connectivity index (χ3n) is 8.51. The highest BCUT2D eigenvalue weighted by atomic mass is 16.2. The SMILES string of the molecule is O=C1NCN(c2ccccc2)C12CCN(C(CCc1ccccc1)c1nnnn1C1CCCC1)CC2. The molecule has 6 rings (SSSR count). The van der Waals surface area contributed by atoms with Gasteiger partial charge in [0.25, 0.3) is 0 Å². The smallest absolute Gasteiger partial charge is 0.247 e. The highest BCUT2D eigenvalue weighted by Gasteiger charge is 2.51. The number of carbonyl (C=O) groups is 1. The standard InChI is InChI=1S/C28H35N7O/c36-27-28(34(21-29-27)23-11-5-2-6-12-23)17-19-33(20-18-28)25(16-15-22-9-3-1-4-10-22)26-30-31-32-35(26)24-13-7-8-14-24/h1-6,9-12,24-25H,7-8,13-21H2,(H,29,36). The molecule has 1 unspecified atom stereocenters. The summed E-state index contributed by atoms with van der Waals surface area (Å²) < 4.78 is 2.12. The predicted octanol–water partition coefficient (Wildman–Crippen LogP) is 3.89. The lowest BCUT2D eigenvalue weighted by molar-refractivity contribution is -0.125. The highest BCUT2D eigenvalue weighted by Crippen LogP contribution is 2.40. The molecule has 8 nitrogen and oxygen atoms in total. The van der Waals surface area contributed by atoms with Crippen molar-refractivity contribution in [2.45, 2.75) is 69.0 Å². The maximum atomic E-state index is 13.2. The van der Waals surface area contributed by atoms with Crippen molar-refractivity contribution in [2.75, 3.05) is 24.7 Å². The Labute approximate surface area is 212 Å². The second kappa shape index (κ2) is 10.0. The summed E-state index contributed by atoms with van der Waals surface area (Å²) in [7, 11) is 0. The van der Waals surface area contributed by atoms with E-state index in [0.717, 1.165) is 63.1 Å². The Morgan fingerprint density at radius 2 is 1.67 bits per heavy atom. The van der Waals surface area contributed by atoms with Gasteiger partial charge < -0.3 is 10.2 Å². The number of tetrazole rings is 1. The number of aromatic nitrogens is 4. The molecule has 0 bridgehead atoms. The van der Waals surface area contributed by atoms with Gasteiger partial charge in [-0.25, -0.2) is 4.68 Å². The van der Waals surface area contributed by atoms with Crippen LogP contribution in [-0.4, -0.2) is 56.3 Å². The number of hydrogen-bond donors (Lipinski definition) is 1. The molecule has 1 atom stereocenters. The number of likely N-dealkylation sites (tertiary alicyclic amines) is 1. The number of carbonyl (C=O) groups excluding carboxylic acids is 1. The molecular formula is C28H35N7O. The molecule has 1 N–H and O–H groups in total. The van der Waals surface area contributed by atoms with E-state index < -0.39 is 5.54 Å². The van der Waals surface area contributed by atoms with Crippen LogP contribution >= 0.6 is 0 Å². The normalized spacial score (nSPS) is 21.2. The lowest BCUT2D eigenvalue weighted by atomic mass is 9.84. The van der Waals surface area contributed by atoms with Crippen LogP contribution in [0, 0.1) is 0 Å². The maximum absolute atomic E-state index is 13.2.